The van der Waals surface area contributed by atoms with E-state index in [4.69, 9.17) is 0 Å². The van der Waals surface area contributed by atoms with Crippen molar-refractivity contribution in [3.8, 4) is 0 Å². The Morgan fingerprint density at radius 2 is 1.55 bits per heavy atom. The predicted octanol–water partition coefficient (Wildman–Crippen LogP) is 5.41. The minimum atomic E-state index is -3.84. The number of carbonyl (C=O) groups is 2. The number of rotatable bonds is 6. The van der Waals surface area contributed by atoms with E-state index < -0.39 is 21.8 Å². The largest absolute Gasteiger partial charge is 0.326 e. The Kier molecular flexibility index (Phi) is 7.99. The number of carbonyl (C=O) groups excluding carboxylic acids is 2. The SMILES string of the molecule is CC(C)(C)c1ccc(C(=O)Nc2cccc(NC(=O)[C@H]3CCCN(S(=O)(=O)c4ccc(F)cc4)C3)c2)cc1. The van der Waals surface area contributed by atoms with E-state index >= 15 is 0 Å². The van der Waals surface area contributed by atoms with Gasteiger partial charge in [-0.2, -0.15) is 4.31 Å². The summed E-state index contributed by atoms with van der Waals surface area (Å²) in [6, 6.07) is 18.9. The highest BCUT2D eigenvalue weighted by Crippen LogP contribution is 2.26. The fraction of sp³-hybridized carbons (Fsp3) is 0.310. The van der Waals surface area contributed by atoms with Crippen LogP contribution < -0.4 is 10.6 Å². The Hall–Kier alpha value is -3.56. The van der Waals surface area contributed by atoms with Crippen molar-refractivity contribution in [2.24, 2.45) is 5.92 Å². The summed E-state index contributed by atoms with van der Waals surface area (Å²) in [6.07, 6.45) is 1.07. The summed E-state index contributed by atoms with van der Waals surface area (Å²) in [5, 5.41) is 5.70. The van der Waals surface area contributed by atoms with Crippen LogP contribution in [0.3, 0.4) is 0 Å². The van der Waals surface area contributed by atoms with E-state index in [0.717, 1.165) is 17.7 Å². The van der Waals surface area contributed by atoms with Crippen molar-refractivity contribution in [2.75, 3.05) is 23.7 Å². The molecular formula is C29H32FN3O4S. The normalized spacial score (nSPS) is 16.6. The first kappa shape index (κ1) is 27.5. The molecule has 1 aliphatic rings. The van der Waals surface area contributed by atoms with Gasteiger partial charge in [-0.15, -0.1) is 0 Å². The molecule has 0 aromatic heterocycles. The van der Waals surface area contributed by atoms with Gasteiger partial charge >= 0.3 is 0 Å². The molecule has 3 aromatic rings. The number of piperidine rings is 1. The first-order chi connectivity index (χ1) is 17.9. The Labute approximate surface area is 223 Å². The quantitative estimate of drug-likeness (QED) is 0.439. The Balaban J connectivity index is 1.39. The average Bonchev–Trinajstić information content (AvgIpc) is 2.89. The van der Waals surface area contributed by atoms with Crippen LogP contribution in [0.25, 0.3) is 0 Å². The second kappa shape index (κ2) is 11.0. The lowest BCUT2D eigenvalue weighted by Gasteiger charge is -2.31. The van der Waals surface area contributed by atoms with E-state index in [1.54, 1.807) is 36.4 Å². The minimum Gasteiger partial charge on any atom is -0.326 e. The van der Waals surface area contributed by atoms with Crippen molar-refractivity contribution < 1.29 is 22.4 Å². The fourth-order valence-corrected chi connectivity index (χ4v) is 5.90. The van der Waals surface area contributed by atoms with Crippen molar-refractivity contribution in [3.63, 3.8) is 0 Å². The number of amides is 2. The molecule has 7 nitrogen and oxygen atoms in total. The second-order valence-corrected chi connectivity index (χ2v) is 12.4. The van der Waals surface area contributed by atoms with E-state index in [-0.39, 0.29) is 28.7 Å². The van der Waals surface area contributed by atoms with E-state index in [1.165, 1.54) is 16.4 Å². The summed E-state index contributed by atoms with van der Waals surface area (Å²) in [5.74, 6) is -1.62. The lowest BCUT2D eigenvalue weighted by atomic mass is 9.87. The first-order valence-electron chi connectivity index (χ1n) is 12.5. The second-order valence-electron chi connectivity index (χ2n) is 10.5. The summed E-state index contributed by atoms with van der Waals surface area (Å²) >= 11 is 0. The van der Waals surface area contributed by atoms with Crippen molar-refractivity contribution >= 4 is 33.2 Å². The van der Waals surface area contributed by atoms with Gasteiger partial charge in [0, 0.05) is 30.0 Å². The number of halogens is 1. The van der Waals surface area contributed by atoms with Gasteiger partial charge in [0.2, 0.25) is 15.9 Å². The van der Waals surface area contributed by atoms with Gasteiger partial charge in [-0.05, 0) is 78.4 Å². The highest BCUT2D eigenvalue weighted by atomic mass is 32.2. The molecule has 38 heavy (non-hydrogen) atoms. The molecule has 1 aliphatic heterocycles. The molecule has 2 N–H and O–H groups in total. The lowest BCUT2D eigenvalue weighted by molar-refractivity contribution is -0.120. The molecule has 9 heteroatoms. The van der Waals surface area contributed by atoms with Crippen molar-refractivity contribution in [1.29, 1.82) is 0 Å². The third kappa shape index (κ3) is 6.46. The molecule has 0 saturated carbocycles. The van der Waals surface area contributed by atoms with Crippen LogP contribution in [0.5, 0.6) is 0 Å². The van der Waals surface area contributed by atoms with Gasteiger partial charge in [0.1, 0.15) is 5.82 Å². The van der Waals surface area contributed by atoms with Crippen molar-refractivity contribution in [2.45, 2.75) is 43.9 Å². The van der Waals surface area contributed by atoms with Gasteiger partial charge in [-0.1, -0.05) is 39.0 Å². The standard InChI is InChI=1S/C29H32FN3O4S/c1-29(2,3)22-11-9-20(10-12-22)27(34)31-24-7-4-8-25(18-24)32-28(35)21-6-5-17-33(19-21)38(36,37)26-15-13-23(30)14-16-26/h4,7-16,18,21H,5-6,17,19H2,1-3H3,(H,31,34)(H,32,35)/t21-/m0/s1. The molecule has 0 unspecified atom stereocenters. The smallest absolute Gasteiger partial charge is 0.255 e. The van der Waals surface area contributed by atoms with E-state index in [1.807, 2.05) is 12.1 Å². The Morgan fingerprint density at radius 1 is 0.921 bits per heavy atom. The van der Waals surface area contributed by atoms with Gasteiger partial charge in [0.25, 0.3) is 5.91 Å². The van der Waals surface area contributed by atoms with Crippen LogP contribution in [0.4, 0.5) is 15.8 Å². The summed E-state index contributed by atoms with van der Waals surface area (Å²) in [7, 11) is -3.84. The molecule has 1 heterocycles. The summed E-state index contributed by atoms with van der Waals surface area (Å²) in [5.41, 5.74) is 2.66. The molecule has 200 valence electrons. The van der Waals surface area contributed by atoms with Gasteiger partial charge in [-0.25, -0.2) is 12.8 Å². The number of nitrogens with zero attached hydrogens (tertiary/aromatic N) is 1. The number of anilines is 2. The number of hydrogen-bond acceptors (Lipinski definition) is 4. The number of sulfonamides is 1. The van der Waals surface area contributed by atoms with Crippen LogP contribution in [-0.4, -0.2) is 37.6 Å². The highest BCUT2D eigenvalue weighted by molar-refractivity contribution is 7.89. The van der Waals surface area contributed by atoms with Crippen LogP contribution in [-0.2, 0) is 20.2 Å². The zero-order valence-electron chi connectivity index (χ0n) is 21.7. The zero-order valence-corrected chi connectivity index (χ0v) is 22.5. The van der Waals surface area contributed by atoms with Crippen molar-refractivity contribution in [1.82, 2.24) is 4.31 Å². The molecule has 1 fully saturated rings. The molecule has 1 saturated heterocycles. The monoisotopic (exact) mass is 537 g/mol. The number of nitrogens with one attached hydrogen (secondary N) is 2. The van der Waals surface area contributed by atoms with Gasteiger partial charge < -0.3 is 10.6 Å². The van der Waals surface area contributed by atoms with Crippen LogP contribution in [0.15, 0.2) is 77.7 Å². The molecular weight excluding hydrogens is 505 g/mol. The lowest BCUT2D eigenvalue weighted by Crippen LogP contribution is -2.43. The van der Waals surface area contributed by atoms with Crippen LogP contribution in [0, 0.1) is 11.7 Å². The van der Waals surface area contributed by atoms with Gasteiger partial charge in [0.15, 0.2) is 0 Å². The van der Waals surface area contributed by atoms with E-state index in [2.05, 4.69) is 31.4 Å². The van der Waals surface area contributed by atoms with E-state index in [0.29, 0.717) is 36.3 Å². The van der Waals surface area contributed by atoms with E-state index in [9.17, 15) is 22.4 Å². The molecule has 1 atom stereocenters. The Morgan fingerprint density at radius 3 is 2.18 bits per heavy atom. The topological polar surface area (TPSA) is 95.6 Å². The summed E-state index contributed by atoms with van der Waals surface area (Å²) in [6.45, 7) is 6.65. The number of hydrogen-bond donors (Lipinski definition) is 2. The van der Waals surface area contributed by atoms with Gasteiger partial charge in [-0.3, -0.25) is 9.59 Å². The summed E-state index contributed by atoms with van der Waals surface area (Å²) in [4.78, 5) is 25.8. The number of benzene rings is 3. The molecule has 3 aromatic carbocycles. The zero-order chi connectivity index (χ0) is 27.5. The predicted molar refractivity (Wildman–Crippen MR) is 146 cm³/mol. The Bertz CT molecular complexity index is 1420. The third-order valence-corrected chi connectivity index (χ3v) is 8.49. The maximum absolute atomic E-state index is 13.2. The molecule has 4 rings (SSSR count). The van der Waals surface area contributed by atoms with Crippen molar-refractivity contribution in [3.05, 3.63) is 89.7 Å². The maximum atomic E-state index is 13.2. The van der Waals surface area contributed by atoms with Crippen LogP contribution in [0.2, 0.25) is 0 Å². The molecule has 0 radical (unpaired) electrons. The minimum absolute atomic E-state index is 0.00329. The highest BCUT2D eigenvalue weighted by Gasteiger charge is 2.33. The first-order valence-corrected chi connectivity index (χ1v) is 14.0. The van der Waals surface area contributed by atoms with Gasteiger partial charge in [0.05, 0.1) is 10.8 Å². The molecule has 2 amide bonds. The molecule has 0 spiro atoms. The fourth-order valence-electron chi connectivity index (χ4n) is 4.37. The molecule has 0 bridgehead atoms. The maximum Gasteiger partial charge on any atom is 0.255 e. The summed E-state index contributed by atoms with van der Waals surface area (Å²) < 4.78 is 40.5. The average molecular weight is 538 g/mol. The molecule has 0 aliphatic carbocycles. The van der Waals surface area contributed by atoms with Crippen LogP contribution in [0.1, 0.15) is 49.5 Å². The third-order valence-electron chi connectivity index (χ3n) is 6.61. The van der Waals surface area contributed by atoms with Crippen LogP contribution >= 0.6 is 0 Å².